The van der Waals surface area contributed by atoms with Gasteiger partial charge < -0.3 is 20.6 Å². The van der Waals surface area contributed by atoms with Gasteiger partial charge in [-0.2, -0.15) is 0 Å². The molecule has 0 radical (unpaired) electrons. The number of pyridine rings is 1. The maximum Gasteiger partial charge on any atom is 0.326 e. The third-order valence-electron chi connectivity index (χ3n) is 6.06. The van der Waals surface area contributed by atoms with E-state index in [1.165, 1.54) is 0 Å². The molecule has 8 nitrogen and oxygen atoms in total. The first kappa shape index (κ1) is 23.9. The number of unbranched alkanes of at least 4 members (excludes halogenated alkanes) is 1. The molecule has 1 heterocycles. The summed E-state index contributed by atoms with van der Waals surface area (Å²) in [6.07, 6.45) is 3.71. The molecule has 0 aliphatic rings. The fourth-order valence-electron chi connectivity index (χ4n) is 4.07. The van der Waals surface area contributed by atoms with E-state index in [0.29, 0.717) is 6.54 Å². The lowest BCUT2D eigenvalue weighted by Gasteiger charge is -2.25. The van der Waals surface area contributed by atoms with Gasteiger partial charge in [0.2, 0.25) is 0 Å². The van der Waals surface area contributed by atoms with Crippen LogP contribution in [-0.4, -0.2) is 35.7 Å². The molecular formula is C27H28N4O4. The number of fused-ring (bicyclic) bond motifs is 1. The zero-order valence-corrected chi connectivity index (χ0v) is 19.7. The van der Waals surface area contributed by atoms with Crippen molar-refractivity contribution in [2.24, 2.45) is 0 Å². The maximum absolute atomic E-state index is 12.2. The van der Waals surface area contributed by atoms with Crippen LogP contribution in [0, 0.1) is 0 Å². The first-order valence-corrected chi connectivity index (χ1v) is 11.6. The second-order valence-corrected chi connectivity index (χ2v) is 8.60. The van der Waals surface area contributed by atoms with Crippen LogP contribution in [0.3, 0.4) is 0 Å². The van der Waals surface area contributed by atoms with Crippen LogP contribution in [-0.2, 0) is 11.2 Å². The van der Waals surface area contributed by atoms with Crippen LogP contribution in [0.1, 0.15) is 25.3 Å². The van der Waals surface area contributed by atoms with Gasteiger partial charge in [-0.25, -0.2) is 9.78 Å². The topological polar surface area (TPSA) is 112 Å². The van der Waals surface area contributed by atoms with Crippen LogP contribution >= 0.6 is 0 Å². The first-order valence-electron chi connectivity index (χ1n) is 11.6. The van der Waals surface area contributed by atoms with E-state index in [-0.39, 0.29) is 17.8 Å². The Labute approximate surface area is 202 Å². The molecule has 3 N–H and O–H groups in total. The van der Waals surface area contributed by atoms with Crippen molar-refractivity contribution in [3.63, 3.8) is 0 Å². The van der Waals surface area contributed by atoms with Gasteiger partial charge >= 0.3 is 5.97 Å². The molecule has 0 aliphatic carbocycles. The lowest BCUT2D eigenvalue weighted by Crippen LogP contribution is -2.45. The van der Waals surface area contributed by atoms with Crippen molar-refractivity contribution in [1.82, 2.24) is 4.98 Å². The number of anilines is 4. The Morgan fingerprint density at radius 2 is 1.80 bits per heavy atom. The lowest BCUT2D eigenvalue weighted by atomic mass is 10.0. The van der Waals surface area contributed by atoms with E-state index in [1.807, 2.05) is 61.5 Å². The highest BCUT2D eigenvalue weighted by molar-refractivity contribution is 5.93. The molecule has 35 heavy (non-hydrogen) atoms. The number of carboxylic acid groups (broad SMARTS) is 1. The number of hydrogen-bond acceptors (Lipinski definition) is 7. The summed E-state index contributed by atoms with van der Waals surface area (Å²) < 4.78 is 0. The Balaban J connectivity index is 1.47. The highest BCUT2D eigenvalue weighted by atomic mass is 16.4. The molecule has 0 bridgehead atoms. The molecule has 1 unspecified atom stereocenters. The number of benzene rings is 2. The van der Waals surface area contributed by atoms with Crippen LogP contribution in [0.2, 0.25) is 0 Å². The molecule has 0 saturated heterocycles. The van der Waals surface area contributed by atoms with Gasteiger partial charge in [0.25, 0.3) is 10.9 Å². The average molecular weight is 473 g/mol. The number of aromatic nitrogens is 1. The van der Waals surface area contributed by atoms with Crippen LogP contribution in [0.15, 0.2) is 70.4 Å². The van der Waals surface area contributed by atoms with Crippen LogP contribution in [0.25, 0.3) is 10.8 Å². The molecule has 0 saturated carbocycles. The SMILES string of the molecule is CCCCN(C)c1c(NC(Cc2ccc(Nc3nccc4ccccc34)cc2)C(=O)O)c(=O)c1=O. The number of hydrogen-bond donors (Lipinski definition) is 3. The molecule has 0 amide bonds. The molecule has 4 aromatic rings. The Morgan fingerprint density at radius 3 is 2.51 bits per heavy atom. The van der Waals surface area contributed by atoms with Gasteiger partial charge in [0.15, 0.2) is 0 Å². The van der Waals surface area contributed by atoms with Gasteiger partial charge in [-0.05, 0) is 35.6 Å². The highest BCUT2D eigenvalue weighted by Crippen LogP contribution is 2.25. The second-order valence-electron chi connectivity index (χ2n) is 8.60. The standard InChI is InChI=1S/C27H28N4O4/c1-3-4-15-31(2)23-22(24(32)25(23)33)30-21(27(34)35)16-17-9-11-19(12-10-17)29-26-20-8-6-5-7-18(20)13-14-28-26/h5-14,21,30H,3-4,15-16H2,1-2H3,(H,28,29)(H,34,35). The van der Waals surface area contributed by atoms with Crippen LogP contribution in [0.4, 0.5) is 22.9 Å². The fourth-order valence-corrected chi connectivity index (χ4v) is 4.07. The summed E-state index contributed by atoms with van der Waals surface area (Å²) in [7, 11) is 1.74. The minimum atomic E-state index is -1.10. The van der Waals surface area contributed by atoms with E-state index in [2.05, 4.69) is 15.6 Å². The molecular weight excluding hydrogens is 444 g/mol. The summed E-state index contributed by atoms with van der Waals surface area (Å²) in [5, 5.41) is 18.0. The van der Waals surface area contributed by atoms with Gasteiger partial charge in [-0.1, -0.05) is 49.7 Å². The normalized spacial score (nSPS) is 11.9. The zero-order chi connectivity index (χ0) is 24.9. The fraction of sp³-hybridized carbons (Fsp3) is 0.259. The number of nitrogens with zero attached hydrogens (tertiary/aromatic N) is 2. The van der Waals surface area contributed by atoms with Gasteiger partial charge in [-0.3, -0.25) is 9.59 Å². The average Bonchev–Trinajstić information content (AvgIpc) is 2.87. The van der Waals surface area contributed by atoms with Gasteiger partial charge in [0, 0.05) is 37.3 Å². The molecule has 0 spiro atoms. The molecule has 180 valence electrons. The molecule has 4 rings (SSSR count). The van der Waals surface area contributed by atoms with Crippen molar-refractivity contribution in [3.05, 3.63) is 86.8 Å². The molecule has 1 aromatic heterocycles. The van der Waals surface area contributed by atoms with E-state index in [9.17, 15) is 19.5 Å². The van der Waals surface area contributed by atoms with Crippen molar-refractivity contribution in [2.45, 2.75) is 32.2 Å². The van der Waals surface area contributed by atoms with E-state index in [4.69, 9.17) is 0 Å². The van der Waals surface area contributed by atoms with Crippen LogP contribution in [0.5, 0.6) is 0 Å². The number of aliphatic carboxylic acids is 1. The number of rotatable bonds is 11. The third kappa shape index (κ3) is 5.16. The minimum absolute atomic E-state index is 0.0846. The zero-order valence-electron chi connectivity index (χ0n) is 19.7. The predicted molar refractivity (Wildman–Crippen MR) is 140 cm³/mol. The summed E-state index contributed by atoms with van der Waals surface area (Å²) in [5.74, 6) is -0.358. The Hall–Kier alpha value is -4.20. The second kappa shape index (κ2) is 10.4. The Kier molecular flexibility index (Phi) is 7.10. The lowest BCUT2D eigenvalue weighted by molar-refractivity contribution is -0.137. The van der Waals surface area contributed by atoms with Gasteiger partial charge in [0.1, 0.15) is 23.2 Å². The van der Waals surface area contributed by atoms with Crippen molar-refractivity contribution in [2.75, 3.05) is 29.1 Å². The third-order valence-corrected chi connectivity index (χ3v) is 6.06. The largest absolute Gasteiger partial charge is 0.480 e. The Bertz CT molecular complexity index is 1400. The van der Waals surface area contributed by atoms with Gasteiger partial charge in [0.05, 0.1) is 0 Å². The number of nitrogens with one attached hydrogen (secondary N) is 2. The quantitative estimate of drug-likeness (QED) is 0.282. The molecule has 3 aromatic carbocycles. The summed E-state index contributed by atoms with van der Waals surface area (Å²) in [6.45, 7) is 2.66. The number of carboxylic acids is 1. The maximum atomic E-state index is 12.2. The van der Waals surface area contributed by atoms with E-state index in [0.717, 1.165) is 40.7 Å². The smallest absolute Gasteiger partial charge is 0.326 e. The van der Waals surface area contributed by atoms with E-state index < -0.39 is 22.9 Å². The first-order chi connectivity index (χ1) is 16.9. The number of carbonyl (C=O) groups is 1. The van der Waals surface area contributed by atoms with Crippen molar-refractivity contribution < 1.29 is 9.90 Å². The van der Waals surface area contributed by atoms with Crippen molar-refractivity contribution in [1.29, 1.82) is 0 Å². The molecule has 1 atom stereocenters. The molecule has 0 aliphatic heterocycles. The summed E-state index contributed by atoms with van der Waals surface area (Å²) in [6, 6.07) is 16.2. The van der Waals surface area contributed by atoms with E-state index >= 15 is 0 Å². The molecule has 8 heteroatoms. The summed E-state index contributed by atoms with van der Waals surface area (Å²) in [5.41, 5.74) is 0.697. The highest BCUT2D eigenvalue weighted by Gasteiger charge is 2.28. The van der Waals surface area contributed by atoms with Crippen molar-refractivity contribution in [3.8, 4) is 0 Å². The summed E-state index contributed by atoms with van der Waals surface area (Å²) in [4.78, 5) is 42.4. The van der Waals surface area contributed by atoms with E-state index in [1.54, 1.807) is 18.1 Å². The summed E-state index contributed by atoms with van der Waals surface area (Å²) >= 11 is 0. The van der Waals surface area contributed by atoms with Gasteiger partial charge in [-0.15, -0.1) is 0 Å². The van der Waals surface area contributed by atoms with Crippen LogP contribution < -0.4 is 26.4 Å². The van der Waals surface area contributed by atoms with Crippen molar-refractivity contribution >= 4 is 39.6 Å². The minimum Gasteiger partial charge on any atom is -0.480 e. The molecule has 0 fully saturated rings. The monoisotopic (exact) mass is 472 g/mol. The Morgan fingerprint density at radius 1 is 1.06 bits per heavy atom. The predicted octanol–water partition coefficient (Wildman–Crippen LogP) is 3.92.